The Bertz CT molecular complexity index is 783. The number of aliphatic imine (C=N–C) groups is 2. The Kier molecular flexibility index (Phi) is 13.4. The van der Waals surface area contributed by atoms with Gasteiger partial charge in [-0.15, -0.1) is 12.8 Å². The molecule has 1 aromatic rings. The van der Waals surface area contributed by atoms with Crippen LogP contribution in [0.5, 0.6) is 0 Å². The Morgan fingerprint density at radius 2 is 2.10 bits per heavy atom. The average Bonchev–Trinajstić information content (AvgIpc) is 3.23. The fourth-order valence-electron chi connectivity index (χ4n) is 2.97. The number of methoxy groups -OCH3 is 1. The van der Waals surface area contributed by atoms with Crippen LogP contribution >= 0.6 is 0 Å². The number of aryl methyl sites for hydroxylation is 1. The quantitative estimate of drug-likeness (QED) is 0.302. The van der Waals surface area contributed by atoms with Gasteiger partial charge in [-0.2, -0.15) is 0 Å². The topological polar surface area (TPSA) is 114 Å². The zero-order chi connectivity index (χ0) is 23.1. The number of allylic oxidation sites excluding steroid dienone is 1. The number of hydrogen-bond donors (Lipinski definition) is 3. The highest BCUT2D eigenvalue weighted by Crippen LogP contribution is 2.27. The van der Waals surface area contributed by atoms with Gasteiger partial charge in [0.25, 0.3) is 0 Å². The second kappa shape index (κ2) is 14.9. The van der Waals surface area contributed by atoms with Crippen molar-refractivity contribution in [3.8, 4) is 12.8 Å². The van der Waals surface area contributed by atoms with Gasteiger partial charge in [-0.25, -0.2) is 4.99 Å². The van der Waals surface area contributed by atoms with E-state index in [-0.39, 0.29) is 5.71 Å². The van der Waals surface area contributed by atoms with Crippen LogP contribution in [-0.4, -0.2) is 50.3 Å². The zero-order valence-electron chi connectivity index (χ0n) is 18.8. The molecular weight excluding hydrogens is 380 g/mol. The number of carbonyl (C=O) groups excluding carboxylic acids is 1. The van der Waals surface area contributed by atoms with Crippen LogP contribution < -0.4 is 16.4 Å². The van der Waals surface area contributed by atoms with Crippen molar-refractivity contribution < 1.29 is 9.53 Å². The summed E-state index contributed by atoms with van der Waals surface area (Å²) in [4.78, 5) is 22.9. The van der Waals surface area contributed by atoms with E-state index in [0.717, 1.165) is 0 Å². The van der Waals surface area contributed by atoms with Crippen LogP contribution in [0.15, 0.2) is 39.7 Å². The second-order valence-corrected chi connectivity index (χ2v) is 5.90. The number of carbonyl (C=O) groups is 1. The number of nitrogens with two attached hydrogens (primary N) is 1. The summed E-state index contributed by atoms with van der Waals surface area (Å²) < 4.78 is 5.04. The number of nitrogens with one attached hydrogen (secondary N) is 2. The molecule has 30 heavy (non-hydrogen) atoms. The summed E-state index contributed by atoms with van der Waals surface area (Å²) in [7, 11) is 5.11. The molecule has 2 atom stereocenters. The minimum absolute atomic E-state index is 0.266. The summed E-state index contributed by atoms with van der Waals surface area (Å²) >= 11 is 0. The molecule has 8 nitrogen and oxygen atoms in total. The third-order valence-electron chi connectivity index (χ3n) is 4.32. The molecule has 0 spiro atoms. The lowest BCUT2D eigenvalue weighted by atomic mass is 10.2. The van der Waals surface area contributed by atoms with Gasteiger partial charge in [-0.05, 0) is 38.4 Å². The van der Waals surface area contributed by atoms with Crippen LogP contribution in [0, 0.1) is 12.8 Å². The van der Waals surface area contributed by atoms with Crippen molar-refractivity contribution in [2.75, 3.05) is 21.2 Å². The van der Waals surface area contributed by atoms with Gasteiger partial charge in [-0.3, -0.25) is 14.8 Å². The van der Waals surface area contributed by atoms with Gasteiger partial charge < -0.3 is 21.1 Å². The normalized spacial score (nSPS) is 19.2. The molecule has 2 unspecified atom stereocenters. The minimum Gasteiger partial charge on any atom is -0.480 e. The van der Waals surface area contributed by atoms with E-state index < -0.39 is 6.17 Å². The Morgan fingerprint density at radius 3 is 2.63 bits per heavy atom. The van der Waals surface area contributed by atoms with E-state index in [2.05, 4.69) is 44.5 Å². The van der Waals surface area contributed by atoms with Crippen molar-refractivity contribution in [2.24, 2.45) is 15.7 Å². The molecule has 0 aromatic carbocycles. The van der Waals surface area contributed by atoms with E-state index >= 15 is 0 Å². The van der Waals surface area contributed by atoms with Crippen LogP contribution in [0.25, 0.3) is 0 Å². The number of ether oxygens (including phenoxy) is 1. The molecule has 2 aliphatic rings. The molecule has 8 heteroatoms. The zero-order valence-corrected chi connectivity index (χ0v) is 18.8. The number of aldehydes is 1. The molecule has 164 valence electrons. The first-order chi connectivity index (χ1) is 14.5. The van der Waals surface area contributed by atoms with Crippen LogP contribution in [0.1, 0.15) is 44.5 Å². The van der Waals surface area contributed by atoms with Crippen LogP contribution in [0.3, 0.4) is 0 Å². The lowest BCUT2D eigenvalue weighted by Gasteiger charge is -2.23. The number of rotatable bonds is 3. The van der Waals surface area contributed by atoms with Gasteiger partial charge in [0.15, 0.2) is 6.29 Å². The monoisotopic (exact) mass is 414 g/mol. The summed E-state index contributed by atoms with van der Waals surface area (Å²) in [5, 5.41) is 6.17. The molecule has 1 aromatic heterocycles. The first-order valence-corrected chi connectivity index (χ1v) is 9.78. The molecule has 4 N–H and O–H groups in total. The highest BCUT2D eigenvalue weighted by atomic mass is 16.5. The lowest BCUT2D eigenvalue weighted by molar-refractivity contribution is -0.102. The van der Waals surface area contributed by atoms with Crippen molar-refractivity contribution in [2.45, 2.75) is 45.8 Å². The van der Waals surface area contributed by atoms with E-state index in [1.54, 1.807) is 14.0 Å². The molecule has 0 saturated heterocycles. The van der Waals surface area contributed by atoms with Crippen LogP contribution in [-0.2, 0) is 16.0 Å². The molecule has 1 aliphatic carbocycles. The number of aromatic nitrogens is 1. The van der Waals surface area contributed by atoms with E-state index in [0.29, 0.717) is 29.6 Å². The highest BCUT2D eigenvalue weighted by molar-refractivity contribution is 6.31. The van der Waals surface area contributed by atoms with Gasteiger partial charge in [0.05, 0.1) is 18.5 Å². The summed E-state index contributed by atoms with van der Waals surface area (Å²) in [5.41, 5.74) is 9.83. The van der Waals surface area contributed by atoms with Crippen molar-refractivity contribution >= 4 is 17.9 Å². The minimum atomic E-state index is -0.618. The van der Waals surface area contributed by atoms with Gasteiger partial charge >= 0.3 is 0 Å². The van der Waals surface area contributed by atoms with Crippen molar-refractivity contribution in [3.05, 3.63) is 41.0 Å². The van der Waals surface area contributed by atoms with Crippen molar-refractivity contribution in [1.82, 2.24) is 15.6 Å². The van der Waals surface area contributed by atoms with Gasteiger partial charge in [0.1, 0.15) is 17.6 Å². The molecule has 0 fully saturated rings. The van der Waals surface area contributed by atoms with Gasteiger partial charge in [0, 0.05) is 19.3 Å². The summed E-state index contributed by atoms with van der Waals surface area (Å²) in [6.45, 7) is 5.75. The van der Waals surface area contributed by atoms with E-state index in [1.807, 2.05) is 33.2 Å². The molecule has 1 aliphatic heterocycles. The maximum atomic E-state index is 10.6. The molecule has 3 rings (SSSR count). The Morgan fingerprint density at radius 1 is 1.43 bits per heavy atom. The number of pyridine rings is 1. The third-order valence-corrected chi connectivity index (χ3v) is 4.32. The highest BCUT2D eigenvalue weighted by Gasteiger charge is 2.22. The fraction of sp³-hybridized carbons (Fsp3) is 0.455. The first-order valence-electron chi connectivity index (χ1n) is 9.78. The maximum absolute atomic E-state index is 10.6. The average molecular weight is 415 g/mol. The predicted octanol–water partition coefficient (Wildman–Crippen LogP) is 1.98. The predicted molar refractivity (Wildman–Crippen MR) is 123 cm³/mol. The second-order valence-electron chi connectivity index (χ2n) is 5.90. The molecule has 0 saturated carbocycles. The fourth-order valence-corrected chi connectivity index (χ4v) is 2.97. The van der Waals surface area contributed by atoms with Gasteiger partial charge in [0.2, 0.25) is 5.90 Å². The molecule has 0 amide bonds. The van der Waals surface area contributed by atoms with Crippen molar-refractivity contribution in [1.29, 1.82) is 0 Å². The number of terminal acetylenes is 1. The van der Waals surface area contributed by atoms with E-state index in [4.69, 9.17) is 10.5 Å². The summed E-state index contributed by atoms with van der Waals surface area (Å²) in [5.74, 6) is 0.414. The standard InChI is InChI=1S/C9H14N4O2.C9H12N2.C2H6.C2H2/c1-5-7(9(11-2)15-3)13-8(10)6(4-14)12-5;1-10-8-5-4-7-3-2-6-11-9(7)8;2*1-2/h4,8,13H,10H2,1-3H3;2-3,6,8,10H,4-5H2,1H3;1-2H3;1-2H. The van der Waals surface area contributed by atoms with E-state index in [1.165, 1.54) is 31.2 Å². The summed E-state index contributed by atoms with van der Waals surface area (Å²) in [6.07, 6.45) is 12.3. The number of hydrogen-bond acceptors (Lipinski definition) is 8. The molecular formula is C22H34N6O2. The number of fused-ring (bicyclic) bond motifs is 1. The van der Waals surface area contributed by atoms with Crippen LogP contribution in [0.2, 0.25) is 0 Å². The van der Waals surface area contributed by atoms with Crippen LogP contribution in [0.4, 0.5) is 0 Å². The Balaban J connectivity index is 0.000000494. The Labute approximate surface area is 180 Å². The summed E-state index contributed by atoms with van der Waals surface area (Å²) in [6, 6.07) is 4.67. The SMILES string of the molecule is C#C.CC.CN=C(OC)C1=C(C)N=C(C=O)C(N)N1.CNC1CCc2cccnc21. The van der Waals surface area contributed by atoms with Gasteiger partial charge in [-0.1, -0.05) is 19.9 Å². The van der Waals surface area contributed by atoms with E-state index in [9.17, 15) is 4.79 Å². The molecule has 0 bridgehead atoms. The molecule has 0 radical (unpaired) electrons. The first kappa shape index (κ1) is 27.0. The largest absolute Gasteiger partial charge is 0.480 e. The van der Waals surface area contributed by atoms with Crippen molar-refractivity contribution in [3.63, 3.8) is 0 Å². The molecule has 2 heterocycles. The maximum Gasteiger partial charge on any atom is 0.234 e. The number of nitrogens with zero attached hydrogens (tertiary/aromatic N) is 3. The Hall–Kier alpha value is -3.02. The third kappa shape index (κ3) is 7.10. The lowest BCUT2D eigenvalue weighted by Crippen LogP contribution is -2.48. The smallest absolute Gasteiger partial charge is 0.234 e.